The smallest absolute Gasteiger partial charge is 1.00 e. The van der Waals surface area contributed by atoms with Crippen LogP contribution in [-0.2, 0) is 11.2 Å². The quantitative estimate of drug-likeness (QED) is 0.606. The fourth-order valence-corrected chi connectivity index (χ4v) is 2.88. The Balaban J connectivity index is 0.00000121. The second-order valence-corrected chi connectivity index (χ2v) is 5.55. The number of nitrogens with two attached hydrogens (primary N) is 1. The summed E-state index contributed by atoms with van der Waals surface area (Å²) in [6.07, 6.45) is 8.87. The van der Waals surface area contributed by atoms with Gasteiger partial charge < -0.3 is 27.8 Å². The number of unbranched alkanes of at least 4 members (excludes halogenated alkanes) is 1. The summed E-state index contributed by atoms with van der Waals surface area (Å²) in [4.78, 5) is 0. The molecule has 0 bridgehead atoms. The van der Waals surface area contributed by atoms with E-state index < -0.39 is 0 Å². The minimum atomic E-state index is 0. The maximum absolute atomic E-state index is 5.83. The van der Waals surface area contributed by atoms with Crippen molar-refractivity contribution >= 4 is 28.3 Å². The standard InChI is InChI=1S/C16H23N3O.Al.Li/c17-9-3-1-5-13-7-8-15-14(11-13)12-18-19(15)16-6-2-4-10-20-16;;/h7-8,11-12,16H,1-6,9-10,17H2;;/q;-1;+1. The molecule has 0 saturated carbocycles. The molecule has 112 valence electrons. The summed E-state index contributed by atoms with van der Waals surface area (Å²) < 4.78 is 7.87. The molecule has 1 aromatic heterocycles. The number of nitrogens with zero attached hydrogens (tertiary/aromatic N) is 2. The van der Waals surface area contributed by atoms with Crippen LogP contribution < -0.4 is 24.6 Å². The normalized spacial score (nSPS) is 17.8. The molecule has 1 saturated heterocycles. The molecule has 0 spiro atoms. The van der Waals surface area contributed by atoms with E-state index in [2.05, 4.69) is 23.3 Å². The molecule has 4 radical (unpaired) electrons. The van der Waals surface area contributed by atoms with Gasteiger partial charge in [0.1, 0.15) is 0 Å². The summed E-state index contributed by atoms with van der Waals surface area (Å²) in [6.45, 7) is 1.63. The number of aryl methyl sites for hydroxylation is 1. The van der Waals surface area contributed by atoms with Crippen LogP contribution in [0.25, 0.3) is 10.9 Å². The van der Waals surface area contributed by atoms with Crippen molar-refractivity contribution in [3.05, 3.63) is 30.0 Å². The number of ether oxygens (including phenoxy) is 1. The van der Waals surface area contributed by atoms with Crippen LogP contribution in [0, 0.1) is 0 Å². The first-order valence-electron chi connectivity index (χ1n) is 7.66. The van der Waals surface area contributed by atoms with E-state index in [1.165, 1.54) is 29.3 Å². The summed E-state index contributed by atoms with van der Waals surface area (Å²) in [5, 5.41) is 5.74. The molecular formula is C16H23AlLiN3O. The predicted molar refractivity (Wildman–Crippen MR) is 86.3 cm³/mol. The molecule has 1 unspecified atom stereocenters. The molecule has 1 aliphatic heterocycles. The second kappa shape index (κ2) is 9.78. The Labute approximate surface area is 155 Å². The molecule has 1 aliphatic rings. The van der Waals surface area contributed by atoms with E-state index >= 15 is 0 Å². The van der Waals surface area contributed by atoms with Crippen LogP contribution in [0.15, 0.2) is 24.4 Å². The second-order valence-electron chi connectivity index (χ2n) is 5.55. The molecule has 1 atom stereocenters. The van der Waals surface area contributed by atoms with Crippen molar-refractivity contribution in [3.8, 4) is 0 Å². The van der Waals surface area contributed by atoms with Crippen LogP contribution in [0.2, 0.25) is 0 Å². The van der Waals surface area contributed by atoms with Crippen LogP contribution in [0.3, 0.4) is 0 Å². The topological polar surface area (TPSA) is 53.1 Å². The molecule has 4 nitrogen and oxygen atoms in total. The Kier molecular flexibility index (Phi) is 8.80. The monoisotopic (exact) mass is 307 g/mol. The average molecular weight is 307 g/mol. The zero-order chi connectivity index (χ0) is 13.8. The van der Waals surface area contributed by atoms with Crippen LogP contribution in [-0.4, -0.2) is 40.3 Å². The molecule has 3 rings (SSSR count). The molecule has 1 aromatic carbocycles. The Morgan fingerprint density at radius 1 is 1.27 bits per heavy atom. The van der Waals surface area contributed by atoms with Crippen LogP contribution >= 0.6 is 0 Å². The van der Waals surface area contributed by atoms with Gasteiger partial charge in [-0.15, -0.1) is 0 Å². The third-order valence-corrected chi connectivity index (χ3v) is 4.01. The minimum Gasteiger partial charge on any atom is -1.00 e. The Morgan fingerprint density at radius 3 is 2.86 bits per heavy atom. The third kappa shape index (κ3) is 4.62. The summed E-state index contributed by atoms with van der Waals surface area (Å²) in [7, 11) is 0. The van der Waals surface area contributed by atoms with E-state index in [4.69, 9.17) is 10.5 Å². The number of fused-ring (bicyclic) bond motifs is 1. The van der Waals surface area contributed by atoms with Gasteiger partial charge in [-0.2, -0.15) is 5.10 Å². The average Bonchev–Trinajstić information content (AvgIpc) is 2.91. The zero-order valence-electron chi connectivity index (χ0n) is 13.5. The SMILES string of the molecule is NCCCCc1ccc2c(cnn2C2CCCCO2)c1.[Al-].[Li+]. The van der Waals surface area contributed by atoms with Crippen LogP contribution in [0.1, 0.15) is 43.9 Å². The van der Waals surface area contributed by atoms with E-state index in [0.29, 0.717) is 0 Å². The van der Waals surface area contributed by atoms with Crippen LogP contribution in [0.4, 0.5) is 0 Å². The van der Waals surface area contributed by atoms with Gasteiger partial charge in [0.05, 0.1) is 11.7 Å². The van der Waals surface area contributed by atoms with Crippen molar-refractivity contribution in [3.63, 3.8) is 0 Å². The first-order valence-corrected chi connectivity index (χ1v) is 7.66. The molecule has 2 heterocycles. The molecule has 0 aliphatic carbocycles. The first kappa shape index (κ1) is 19.8. The van der Waals surface area contributed by atoms with E-state index in [-0.39, 0.29) is 42.4 Å². The molecule has 2 N–H and O–H groups in total. The fourth-order valence-electron chi connectivity index (χ4n) is 2.88. The molecule has 1 fully saturated rings. The van der Waals surface area contributed by atoms with Crippen molar-refractivity contribution in [2.24, 2.45) is 5.73 Å². The Hall–Kier alpha value is -0.260. The Bertz CT molecular complexity index is 570. The van der Waals surface area contributed by atoms with Gasteiger partial charge in [-0.05, 0) is 62.8 Å². The van der Waals surface area contributed by atoms with Crippen molar-refractivity contribution < 1.29 is 23.6 Å². The molecular weight excluding hydrogens is 284 g/mol. The van der Waals surface area contributed by atoms with Crippen molar-refractivity contribution in [1.29, 1.82) is 0 Å². The number of aromatic nitrogens is 2. The molecule has 22 heavy (non-hydrogen) atoms. The minimum absolute atomic E-state index is 0. The maximum atomic E-state index is 5.83. The maximum Gasteiger partial charge on any atom is 1.00 e. The number of hydrogen-bond acceptors (Lipinski definition) is 3. The van der Waals surface area contributed by atoms with Crippen molar-refractivity contribution in [1.82, 2.24) is 9.78 Å². The van der Waals surface area contributed by atoms with E-state index in [1.807, 2.05) is 10.9 Å². The fraction of sp³-hybridized carbons (Fsp3) is 0.562. The number of benzene rings is 1. The third-order valence-electron chi connectivity index (χ3n) is 4.01. The summed E-state index contributed by atoms with van der Waals surface area (Å²) >= 11 is 0. The van der Waals surface area contributed by atoms with Gasteiger partial charge in [0.25, 0.3) is 0 Å². The zero-order valence-corrected chi connectivity index (χ0v) is 14.7. The van der Waals surface area contributed by atoms with Crippen LogP contribution in [0.5, 0.6) is 0 Å². The Morgan fingerprint density at radius 2 is 2.14 bits per heavy atom. The molecule has 0 amide bonds. The van der Waals surface area contributed by atoms with E-state index in [1.54, 1.807) is 0 Å². The van der Waals surface area contributed by atoms with Gasteiger partial charge in [-0.25, -0.2) is 4.68 Å². The van der Waals surface area contributed by atoms with Gasteiger partial charge in [-0.1, -0.05) is 6.07 Å². The van der Waals surface area contributed by atoms with Gasteiger partial charge in [0.15, 0.2) is 6.23 Å². The predicted octanol–water partition coefficient (Wildman–Crippen LogP) is -0.360. The van der Waals surface area contributed by atoms with Crippen molar-refractivity contribution in [2.45, 2.75) is 44.8 Å². The summed E-state index contributed by atoms with van der Waals surface area (Å²) in [5.74, 6) is 0. The summed E-state index contributed by atoms with van der Waals surface area (Å²) in [6, 6.07) is 6.64. The van der Waals surface area contributed by atoms with Gasteiger partial charge in [-0.3, -0.25) is 0 Å². The first-order chi connectivity index (χ1) is 9.88. The van der Waals surface area contributed by atoms with Gasteiger partial charge >= 0.3 is 18.9 Å². The van der Waals surface area contributed by atoms with Gasteiger partial charge in [0.2, 0.25) is 0 Å². The number of hydrogen-bond donors (Lipinski definition) is 1. The number of rotatable bonds is 5. The van der Waals surface area contributed by atoms with Gasteiger partial charge in [0, 0.05) is 12.0 Å². The van der Waals surface area contributed by atoms with Crippen molar-refractivity contribution in [2.75, 3.05) is 13.2 Å². The van der Waals surface area contributed by atoms with E-state index in [0.717, 1.165) is 38.8 Å². The summed E-state index contributed by atoms with van der Waals surface area (Å²) in [5.41, 5.74) is 8.09. The molecule has 6 heteroatoms. The van der Waals surface area contributed by atoms with E-state index in [9.17, 15) is 0 Å². The molecule has 2 aromatic rings. The largest absolute Gasteiger partial charge is 1.00 e.